The number of nitrogens with one attached hydrogen (secondary N) is 2. The summed E-state index contributed by atoms with van der Waals surface area (Å²) < 4.78 is 11.4. The van der Waals surface area contributed by atoms with Crippen molar-refractivity contribution in [3.63, 3.8) is 0 Å². The van der Waals surface area contributed by atoms with Crippen LogP contribution in [0.5, 0.6) is 0 Å². The van der Waals surface area contributed by atoms with E-state index in [1.807, 2.05) is 18.2 Å². The maximum Gasteiger partial charge on any atom is 0.319 e. The van der Waals surface area contributed by atoms with Gasteiger partial charge in [-0.25, -0.2) is 4.79 Å². The molecule has 3 N–H and O–H groups in total. The Bertz CT molecular complexity index is 521. The van der Waals surface area contributed by atoms with Crippen molar-refractivity contribution in [2.24, 2.45) is 0 Å². The van der Waals surface area contributed by atoms with Gasteiger partial charge in [-0.3, -0.25) is 4.21 Å². The third-order valence-corrected chi connectivity index (χ3v) is 4.39. The van der Waals surface area contributed by atoms with E-state index in [0.29, 0.717) is 11.4 Å². The summed E-state index contributed by atoms with van der Waals surface area (Å²) in [6.45, 7) is 0. The Morgan fingerprint density at radius 1 is 1.33 bits per heavy atom. The molecule has 6 heteroatoms. The fourth-order valence-corrected chi connectivity index (χ4v) is 3.28. The van der Waals surface area contributed by atoms with Crippen molar-refractivity contribution in [1.29, 1.82) is 0 Å². The quantitative estimate of drug-likeness (QED) is 0.796. The molecule has 21 heavy (non-hydrogen) atoms. The molecule has 116 valence electrons. The van der Waals surface area contributed by atoms with Crippen LogP contribution < -0.4 is 10.6 Å². The van der Waals surface area contributed by atoms with Gasteiger partial charge in [0.1, 0.15) is 0 Å². The monoisotopic (exact) mass is 310 g/mol. The number of hydrogen-bond acceptors (Lipinski definition) is 3. The molecule has 1 aromatic rings. The second kappa shape index (κ2) is 7.56. The number of hydrogen-bond donors (Lipinski definition) is 3. The fraction of sp³-hybridized carbons (Fsp3) is 0.533. The Balaban J connectivity index is 1.97. The number of aliphatic hydroxyl groups excluding tert-OH is 1. The first-order chi connectivity index (χ1) is 10.1. The fourth-order valence-electron chi connectivity index (χ4n) is 2.59. The Morgan fingerprint density at radius 3 is 2.76 bits per heavy atom. The molecule has 0 bridgehead atoms. The molecule has 1 aromatic carbocycles. The molecule has 1 saturated carbocycles. The third-order valence-electron chi connectivity index (χ3n) is 3.67. The van der Waals surface area contributed by atoms with Crippen LogP contribution in [0.3, 0.4) is 0 Å². The van der Waals surface area contributed by atoms with Gasteiger partial charge in [-0.1, -0.05) is 31.0 Å². The number of amides is 2. The van der Waals surface area contributed by atoms with Crippen LogP contribution in [0.15, 0.2) is 24.3 Å². The summed E-state index contributed by atoms with van der Waals surface area (Å²) in [5.74, 6) is 0.405. The molecule has 0 aromatic heterocycles. The second-order valence-corrected chi connectivity index (χ2v) is 6.87. The van der Waals surface area contributed by atoms with E-state index in [2.05, 4.69) is 10.6 Å². The molecule has 2 amide bonds. The zero-order valence-electron chi connectivity index (χ0n) is 12.2. The van der Waals surface area contributed by atoms with Crippen LogP contribution >= 0.6 is 0 Å². The molecule has 0 radical (unpaired) electrons. The first kappa shape index (κ1) is 16.0. The number of anilines is 1. The van der Waals surface area contributed by atoms with Crippen LogP contribution in [0.4, 0.5) is 10.5 Å². The van der Waals surface area contributed by atoms with E-state index in [0.717, 1.165) is 31.2 Å². The molecule has 0 heterocycles. The largest absolute Gasteiger partial charge is 0.391 e. The van der Waals surface area contributed by atoms with Gasteiger partial charge in [0, 0.05) is 22.7 Å². The van der Waals surface area contributed by atoms with Crippen molar-refractivity contribution < 1.29 is 14.1 Å². The minimum absolute atomic E-state index is 0.189. The van der Waals surface area contributed by atoms with E-state index in [-0.39, 0.29) is 12.1 Å². The first-order valence-electron chi connectivity index (χ1n) is 7.20. The number of aliphatic hydroxyl groups is 1. The predicted octanol–water partition coefficient (Wildman–Crippen LogP) is 1.99. The number of benzene rings is 1. The maximum absolute atomic E-state index is 12.1. The van der Waals surface area contributed by atoms with Crippen molar-refractivity contribution >= 4 is 22.5 Å². The van der Waals surface area contributed by atoms with E-state index in [9.17, 15) is 14.1 Å². The zero-order valence-corrected chi connectivity index (χ0v) is 13.0. The minimum Gasteiger partial charge on any atom is -0.391 e. The van der Waals surface area contributed by atoms with Gasteiger partial charge in [0.15, 0.2) is 0 Å². The summed E-state index contributed by atoms with van der Waals surface area (Å²) in [5, 5.41) is 15.5. The lowest BCUT2D eigenvalue weighted by molar-refractivity contribution is 0.0955. The van der Waals surface area contributed by atoms with E-state index < -0.39 is 16.9 Å². The van der Waals surface area contributed by atoms with Gasteiger partial charge in [0.05, 0.1) is 17.9 Å². The highest BCUT2D eigenvalue weighted by Gasteiger charge is 2.24. The van der Waals surface area contributed by atoms with Gasteiger partial charge >= 0.3 is 6.03 Å². The summed E-state index contributed by atoms with van der Waals surface area (Å²) in [6.07, 6.45) is 4.73. The summed E-state index contributed by atoms with van der Waals surface area (Å²) in [4.78, 5) is 12.1. The van der Waals surface area contributed by atoms with E-state index in [1.165, 1.54) is 0 Å². The molecule has 3 atom stereocenters. The average Bonchev–Trinajstić information content (AvgIpc) is 2.43. The summed E-state index contributed by atoms with van der Waals surface area (Å²) in [7, 11) is -0.965. The molecular formula is C15H22N2O3S. The van der Waals surface area contributed by atoms with Gasteiger partial charge in [-0.15, -0.1) is 0 Å². The van der Waals surface area contributed by atoms with E-state index in [4.69, 9.17) is 0 Å². The van der Waals surface area contributed by atoms with Crippen molar-refractivity contribution in [2.75, 3.05) is 11.6 Å². The summed E-state index contributed by atoms with van der Waals surface area (Å²) in [5.41, 5.74) is 1.51. The van der Waals surface area contributed by atoms with E-state index in [1.54, 1.807) is 12.3 Å². The zero-order chi connectivity index (χ0) is 15.2. The maximum atomic E-state index is 12.1. The Labute approximate surface area is 127 Å². The second-order valence-electron chi connectivity index (χ2n) is 5.43. The van der Waals surface area contributed by atoms with Gasteiger partial charge in [-0.2, -0.15) is 0 Å². The molecule has 0 saturated heterocycles. The molecule has 1 fully saturated rings. The van der Waals surface area contributed by atoms with Gasteiger partial charge < -0.3 is 15.7 Å². The molecule has 5 nitrogen and oxygen atoms in total. The standard InChI is InChI=1S/C15H22N2O3S/c1-21(20)10-11-6-2-3-7-12(11)16-15(19)17-13-8-4-5-9-14(13)18/h2-3,6-7,13-14,18H,4-5,8-10H2,1H3,(H2,16,17,19)/t13-,14+,21-/m1/s1. The molecule has 2 rings (SSSR count). The Kier molecular flexibility index (Phi) is 5.76. The highest BCUT2D eigenvalue weighted by atomic mass is 32.2. The van der Waals surface area contributed by atoms with Crippen LogP contribution in [-0.2, 0) is 16.6 Å². The first-order valence-corrected chi connectivity index (χ1v) is 8.92. The van der Waals surface area contributed by atoms with Crippen molar-refractivity contribution in [2.45, 2.75) is 43.6 Å². The van der Waals surface area contributed by atoms with Crippen molar-refractivity contribution in [1.82, 2.24) is 5.32 Å². The van der Waals surface area contributed by atoms with Crippen molar-refractivity contribution in [3.8, 4) is 0 Å². The lowest BCUT2D eigenvalue weighted by Gasteiger charge is -2.28. The highest BCUT2D eigenvalue weighted by Crippen LogP contribution is 2.19. The Morgan fingerprint density at radius 2 is 2.05 bits per heavy atom. The number of para-hydroxylation sites is 1. The summed E-state index contributed by atoms with van der Waals surface area (Å²) >= 11 is 0. The van der Waals surface area contributed by atoms with Crippen LogP contribution in [-0.4, -0.2) is 33.7 Å². The number of rotatable bonds is 4. The van der Waals surface area contributed by atoms with Crippen LogP contribution in [0, 0.1) is 0 Å². The number of carbonyl (C=O) groups excluding carboxylic acids is 1. The average molecular weight is 310 g/mol. The van der Waals surface area contributed by atoms with Gasteiger partial charge in [-0.05, 0) is 24.5 Å². The predicted molar refractivity (Wildman–Crippen MR) is 84.6 cm³/mol. The van der Waals surface area contributed by atoms with Gasteiger partial charge in [0.2, 0.25) is 0 Å². The molecule has 1 aliphatic carbocycles. The summed E-state index contributed by atoms with van der Waals surface area (Å²) in [6, 6.07) is 6.82. The molecule has 1 aliphatic rings. The number of urea groups is 1. The van der Waals surface area contributed by atoms with E-state index >= 15 is 0 Å². The number of carbonyl (C=O) groups is 1. The Hall–Kier alpha value is -1.40. The van der Waals surface area contributed by atoms with Crippen LogP contribution in [0.2, 0.25) is 0 Å². The lowest BCUT2D eigenvalue weighted by atomic mass is 9.93. The molecule has 0 spiro atoms. The molecule has 0 unspecified atom stereocenters. The third kappa shape index (κ3) is 4.82. The van der Waals surface area contributed by atoms with Crippen molar-refractivity contribution in [3.05, 3.63) is 29.8 Å². The molecule has 0 aliphatic heterocycles. The SMILES string of the molecule is C[S@@](=O)Cc1ccccc1NC(=O)N[C@@H]1CCCC[C@@H]1O. The van der Waals surface area contributed by atoms with Gasteiger partial charge in [0.25, 0.3) is 0 Å². The smallest absolute Gasteiger partial charge is 0.319 e. The minimum atomic E-state index is -0.965. The normalized spacial score (nSPS) is 23.3. The van der Waals surface area contributed by atoms with Crippen LogP contribution in [0.25, 0.3) is 0 Å². The highest BCUT2D eigenvalue weighted by molar-refractivity contribution is 7.83. The lowest BCUT2D eigenvalue weighted by Crippen LogP contribution is -2.46. The molecular weight excluding hydrogens is 288 g/mol. The van der Waals surface area contributed by atoms with Crippen LogP contribution in [0.1, 0.15) is 31.2 Å². The topological polar surface area (TPSA) is 78.4 Å².